The number of hydrogen-bond acceptors (Lipinski definition) is 5. The first-order valence-corrected chi connectivity index (χ1v) is 7.96. The number of benzene rings is 3. The van der Waals surface area contributed by atoms with E-state index in [1.165, 1.54) is 14.2 Å². The monoisotopic (exact) mass is 350 g/mol. The van der Waals surface area contributed by atoms with Gasteiger partial charge in [0, 0.05) is 6.07 Å². The molecule has 3 aromatic rings. The molecule has 0 aliphatic rings. The molecule has 0 aliphatic heterocycles. The first-order chi connectivity index (χ1) is 12.7. The van der Waals surface area contributed by atoms with Crippen molar-refractivity contribution in [3.63, 3.8) is 0 Å². The Morgan fingerprint density at radius 3 is 1.77 bits per heavy atom. The van der Waals surface area contributed by atoms with Crippen LogP contribution in [0.4, 0.5) is 0 Å². The third kappa shape index (κ3) is 4.33. The summed E-state index contributed by atoms with van der Waals surface area (Å²) in [6.45, 7) is 0. The maximum absolute atomic E-state index is 12.4. The van der Waals surface area contributed by atoms with E-state index in [9.17, 15) is 4.79 Å². The molecule has 0 heterocycles. The Bertz CT molecular complexity index is 850. The zero-order valence-electron chi connectivity index (χ0n) is 14.5. The molecule has 5 nitrogen and oxygen atoms in total. The van der Waals surface area contributed by atoms with Crippen LogP contribution in [0.25, 0.3) is 0 Å². The molecule has 132 valence electrons. The van der Waals surface area contributed by atoms with Crippen LogP contribution in [0.5, 0.6) is 28.7 Å². The Balaban J connectivity index is 1.70. The van der Waals surface area contributed by atoms with Gasteiger partial charge in [-0.3, -0.25) is 0 Å². The summed E-state index contributed by atoms with van der Waals surface area (Å²) >= 11 is 0. The number of para-hydroxylation sites is 1. The molecule has 0 fully saturated rings. The zero-order valence-corrected chi connectivity index (χ0v) is 14.5. The molecule has 0 atom stereocenters. The number of esters is 1. The summed E-state index contributed by atoms with van der Waals surface area (Å²) in [5.74, 6) is 2.33. The van der Waals surface area contributed by atoms with Crippen LogP contribution in [0.2, 0.25) is 0 Å². The van der Waals surface area contributed by atoms with E-state index in [2.05, 4.69) is 0 Å². The number of methoxy groups -OCH3 is 2. The molecule has 0 spiro atoms. The minimum atomic E-state index is -0.501. The van der Waals surface area contributed by atoms with Crippen molar-refractivity contribution in [3.8, 4) is 28.7 Å². The highest BCUT2D eigenvalue weighted by Gasteiger charge is 2.12. The Labute approximate surface area is 151 Å². The summed E-state index contributed by atoms with van der Waals surface area (Å²) in [7, 11) is 3.05. The maximum atomic E-state index is 12.4. The molecule has 0 aliphatic carbocycles. The molecule has 3 aromatic carbocycles. The van der Waals surface area contributed by atoms with Gasteiger partial charge >= 0.3 is 5.97 Å². The lowest BCUT2D eigenvalue weighted by Gasteiger charge is -2.09. The van der Waals surface area contributed by atoms with Gasteiger partial charge in [0.25, 0.3) is 0 Å². The highest BCUT2D eigenvalue weighted by atomic mass is 16.5. The minimum Gasteiger partial charge on any atom is -0.497 e. The molecule has 0 bridgehead atoms. The fourth-order valence-corrected chi connectivity index (χ4v) is 2.29. The summed E-state index contributed by atoms with van der Waals surface area (Å²) in [5, 5.41) is 0. The lowest BCUT2D eigenvalue weighted by molar-refractivity contribution is 0.0734. The van der Waals surface area contributed by atoms with Gasteiger partial charge in [0.05, 0.1) is 19.8 Å². The fourth-order valence-electron chi connectivity index (χ4n) is 2.29. The topological polar surface area (TPSA) is 54.0 Å². The summed E-state index contributed by atoms with van der Waals surface area (Å²) in [5.41, 5.74) is 0.339. The molecule has 0 amide bonds. The van der Waals surface area contributed by atoms with Crippen molar-refractivity contribution >= 4 is 5.97 Å². The van der Waals surface area contributed by atoms with Gasteiger partial charge in [-0.15, -0.1) is 0 Å². The zero-order chi connectivity index (χ0) is 18.4. The number of carbonyl (C=O) groups excluding carboxylic acids is 1. The van der Waals surface area contributed by atoms with Gasteiger partial charge in [0.1, 0.15) is 28.7 Å². The number of hydrogen-bond donors (Lipinski definition) is 0. The molecular weight excluding hydrogens is 332 g/mol. The van der Waals surface area contributed by atoms with Gasteiger partial charge in [-0.2, -0.15) is 0 Å². The fraction of sp³-hybridized carbons (Fsp3) is 0.0952. The Morgan fingerprint density at radius 1 is 0.654 bits per heavy atom. The van der Waals surface area contributed by atoms with Crippen molar-refractivity contribution in [2.24, 2.45) is 0 Å². The lowest BCUT2D eigenvalue weighted by atomic mass is 10.2. The second-order valence-electron chi connectivity index (χ2n) is 5.38. The van der Waals surface area contributed by atoms with Crippen LogP contribution in [0, 0.1) is 0 Å². The van der Waals surface area contributed by atoms with Crippen molar-refractivity contribution in [2.45, 2.75) is 0 Å². The van der Waals surface area contributed by atoms with E-state index < -0.39 is 5.97 Å². The number of carbonyl (C=O) groups is 1. The predicted octanol–water partition coefficient (Wildman–Crippen LogP) is 4.72. The van der Waals surface area contributed by atoms with Crippen LogP contribution in [0.1, 0.15) is 10.4 Å². The Kier molecular flexibility index (Phi) is 5.39. The average Bonchev–Trinajstić information content (AvgIpc) is 2.69. The van der Waals surface area contributed by atoms with E-state index in [-0.39, 0.29) is 0 Å². The second-order valence-corrected chi connectivity index (χ2v) is 5.38. The van der Waals surface area contributed by atoms with E-state index in [1.54, 1.807) is 42.5 Å². The smallest absolute Gasteiger partial charge is 0.343 e. The first-order valence-electron chi connectivity index (χ1n) is 7.96. The average molecular weight is 350 g/mol. The molecule has 0 N–H and O–H groups in total. The van der Waals surface area contributed by atoms with Gasteiger partial charge < -0.3 is 18.9 Å². The largest absolute Gasteiger partial charge is 0.497 e. The SMILES string of the molecule is COc1cc(OC)cc(C(=O)Oc2ccc(Oc3ccccc3)cc2)c1. The highest BCUT2D eigenvalue weighted by Crippen LogP contribution is 2.26. The summed E-state index contributed by atoms with van der Waals surface area (Å²) in [6, 6.07) is 21.1. The molecule has 0 saturated heterocycles. The van der Waals surface area contributed by atoms with Gasteiger partial charge in [-0.1, -0.05) is 18.2 Å². The summed E-state index contributed by atoms with van der Waals surface area (Å²) in [4.78, 5) is 12.4. The minimum absolute atomic E-state index is 0.339. The summed E-state index contributed by atoms with van der Waals surface area (Å²) in [6.07, 6.45) is 0. The van der Waals surface area contributed by atoms with Crippen molar-refractivity contribution in [3.05, 3.63) is 78.4 Å². The van der Waals surface area contributed by atoms with Crippen LogP contribution in [-0.4, -0.2) is 20.2 Å². The van der Waals surface area contributed by atoms with Crippen molar-refractivity contribution in [1.29, 1.82) is 0 Å². The molecular formula is C21H18O5. The molecule has 0 aromatic heterocycles. The lowest BCUT2D eigenvalue weighted by Crippen LogP contribution is -2.09. The number of ether oxygens (including phenoxy) is 4. The summed E-state index contributed by atoms with van der Waals surface area (Å²) < 4.78 is 21.4. The number of rotatable bonds is 6. The van der Waals surface area contributed by atoms with Crippen LogP contribution in [0.15, 0.2) is 72.8 Å². The van der Waals surface area contributed by atoms with Crippen molar-refractivity contribution in [2.75, 3.05) is 14.2 Å². The predicted molar refractivity (Wildman–Crippen MR) is 97.5 cm³/mol. The van der Waals surface area contributed by atoms with Crippen LogP contribution in [-0.2, 0) is 0 Å². The quantitative estimate of drug-likeness (QED) is 0.476. The first kappa shape index (κ1) is 17.4. The van der Waals surface area contributed by atoms with Crippen molar-refractivity contribution < 1.29 is 23.7 Å². The van der Waals surface area contributed by atoms with Gasteiger partial charge in [0.15, 0.2) is 0 Å². The Hall–Kier alpha value is -3.47. The van der Waals surface area contributed by atoms with Gasteiger partial charge in [-0.25, -0.2) is 4.79 Å². The molecule has 0 unspecified atom stereocenters. The standard InChI is InChI=1S/C21H18O5/c1-23-19-12-15(13-20(14-19)24-2)21(22)26-18-10-8-17(9-11-18)25-16-6-4-3-5-7-16/h3-14H,1-2H3. The van der Waals surface area contributed by atoms with E-state index in [0.717, 1.165) is 5.75 Å². The molecule has 0 saturated carbocycles. The molecule has 0 radical (unpaired) electrons. The van der Waals surface area contributed by atoms with E-state index >= 15 is 0 Å². The maximum Gasteiger partial charge on any atom is 0.343 e. The third-order valence-corrected chi connectivity index (χ3v) is 3.60. The van der Waals surface area contributed by atoms with Crippen LogP contribution >= 0.6 is 0 Å². The third-order valence-electron chi connectivity index (χ3n) is 3.60. The van der Waals surface area contributed by atoms with Gasteiger partial charge in [-0.05, 0) is 48.5 Å². The second kappa shape index (κ2) is 8.07. The normalized spacial score (nSPS) is 10.1. The van der Waals surface area contributed by atoms with Gasteiger partial charge in [0.2, 0.25) is 0 Å². The molecule has 3 rings (SSSR count). The van der Waals surface area contributed by atoms with E-state index in [0.29, 0.717) is 28.6 Å². The molecule has 5 heteroatoms. The van der Waals surface area contributed by atoms with Crippen LogP contribution < -0.4 is 18.9 Å². The highest BCUT2D eigenvalue weighted by molar-refractivity contribution is 5.92. The van der Waals surface area contributed by atoms with E-state index in [1.807, 2.05) is 30.3 Å². The molecule has 26 heavy (non-hydrogen) atoms. The van der Waals surface area contributed by atoms with E-state index in [4.69, 9.17) is 18.9 Å². The van der Waals surface area contributed by atoms with Crippen LogP contribution in [0.3, 0.4) is 0 Å². The Morgan fingerprint density at radius 2 is 1.19 bits per heavy atom. The van der Waals surface area contributed by atoms with Crippen molar-refractivity contribution in [1.82, 2.24) is 0 Å².